The fraction of sp³-hybridized carbons (Fsp3) is 0.0667. The Morgan fingerprint density at radius 3 is 2.17 bits per heavy atom. The molecule has 92 valence electrons. The average molecular weight is 241 g/mol. The summed E-state index contributed by atoms with van der Waals surface area (Å²) in [7, 11) is 0. The molecule has 2 aromatic rings. The molecular weight excluding hydrogens is 226 g/mol. The summed E-state index contributed by atoms with van der Waals surface area (Å²) in [5, 5.41) is 0. The van der Waals surface area contributed by atoms with Crippen LogP contribution in [0.25, 0.3) is 0 Å². The van der Waals surface area contributed by atoms with E-state index >= 15 is 0 Å². The van der Waals surface area contributed by atoms with Gasteiger partial charge in [-0.3, -0.25) is 0 Å². The van der Waals surface area contributed by atoms with Crippen molar-refractivity contribution in [2.75, 3.05) is 6.54 Å². The first-order valence-electron chi connectivity index (χ1n) is 5.72. The zero-order valence-electron chi connectivity index (χ0n) is 10.0. The average Bonchev–Trinajstić information content (AvgIpc) is 2.42. The van der Waals surface area contributed by atoms with E-state index < -0.39 is 0 Å². The van der Waals surface area contributed by atoms with Crippen molar-refractivity contribution >= 4 is 0 Å². The second-order valence-corrected chi connectivity index (χ2v) is 3.63. The van der Waals surface area contributed by atoms with E-state index in [9.17, 15) is 0 Å². The van der Waals surface area contributed by atoms with Gasteiger partial charge in [0.25, 0.3) is 0 Å². The largest absolute Gasteiger partial charge is 0.457 e. The maximum Gasteiger partial charge on any atom is 0.147 e. The molecule has 2 rings (SSSR count). The minimum absolute atomic E-state index is 0.599. The Hall–Kier alpha value is -2.26. The van der Waals surface area contributed by atoms with Crippen molar-refractivity contribution in [2.24, 2.45) is 0 Å². The number of para-hydroxylation sites is 1. The molecule has 0 aliphatic heterocycles. The number of hydrogen-bond donors (Lipinski definition) is 1. The molecule has 2 aromatic carbocycles. The molecular formula is C15H15NO2. The van der Waals surface area contributed by atoms with Gasteiger partial charge in [-0.1, -0.05) is 24.3 Å². The maximum absolute atomic E-state index is 5.67. The number of ether oxygens (including phenoxy) is 1. The van der Waals surface area contributed by atoms with Crippen LogP contribution in [-0.2, 0) is 0 Å². The molecule has 0 radical (unpaired) electrons. The highest BCUT2D eigenvalue weighted by atomic mass is 16.6. The van der Waals surface area contributed by atoms with E-state index in [-0.39, 0.29) is 0 Å². The molecule has 0 saturated heterocycles. The summed E-state index contributed by atoms with van der Waals surface area (Å²) >= 11 is 0. The lowest BCUT2D eigenvalue weighted by Crippen LogP contribution is -2.17. The molecule has 3 nitrogen and oxygen atoms in total. The Balaban J connectivity index is 1.93. The standard InChI is InChI=1S/C15H15NO2/c1-2-12-16-18-15-10-8-14(9-11-15)17-13-6-4-3-5-7-13/h2-11,16H,1,12H2. The van der Waals surface area contributed by atoms with Crippen LogP contribution >= 0.6 is 0 Å². The molecule has 0 spiro atoms. The molecule has 0 atom stereocenters. The van der Waals surface area contributed by atoms with Gasteiger partial charge in [0.1, 0.15) is 17.2 Å². The third-order valence-electron chi connectivity index (χ3n) is 2.22. The number of nitrogens with one attached hydrogen (secondary N) is 1. The highest BCUT2D eigenvalue weighted by Crippen LogP contribution is 2.23. The van der Waals surface area contributed by atoms with Gasteiger partial charge in [0.15, 0.2) is 0 Å². The van der Waals surface area contributed by atoms with Gasteiger partial charge in [-0.05, 0) is 36.4 Å². The lowest BCUT2D eigenvalue weighted by Gasteiger charge is -2.07. The van der Waals surface area contributed by atoms with Crippen molar-refractivity contribution in [3.63, 3.8) is 0 Å². The van der Waals surface area contributed by atoms with E-state index in [0.29, 0.717) is 6.54 Å². The molecule has 0 unspecified atom stereocenters. The van der Waals surface area contributed by atoms with Gasteiger partial charge in [0.05, 0.1) is 0 Å². The minimum atomic E-state index is 0.599. The molecule has 18 heavy (non-hydrogen) atoms. The van der Waals surface area contributed by atoms with Crippen molar-refractivity contribution in [3.8, 4) is 17.2 Å². The highest BCUT2D eigenvalue weighted by Gasteiger charge is 1.97. The number of hydrogen-bond acceptors (Lipinski definition) is 3. The smallest absolute Gasteiger partial charge is 0.147 e. The summed E-state index contributed by atoms with van der Waals surface area (Å²) in [6, 6.07) is 17.1. The van der Waals surface area contributed by atoms with Crippen molar-refractivity contribution in [1.82, 2.24) is 5.48 Å². The zero-order chi connectivity index (χ0) is 12.6. The van der Waals surface area contributed by atoms with Crippen LogP contribution in [0.3, 0.4) is 0 Å². The first-order valence-corrected chi connectivity index (χ1v) is 5.72. The first-order chi connectivity index (χ1) is 8.88. The number of benzene rings is 2. The van der Waals surface area contributed by atoms with E-state index in [1.54, 1.807) is 6.08 Å². The van der Waals surface area contributed by atoms with Crippen LogP contribution in [0.1, 0.15) is 0 Å². The fourth-order valence-electron chi connectivity index (χ4n) is 1.38. The van der Waals surface area contributed by atoms with Crippen LogP contribution < -0.4 is 15.1 Å². The summed E-state index contributed by atoms with van der Waals surface area (Å²) in [4.78, 5) is 5.27. The molecule has 0 amide bonds. The minimum Gasteiger partial charge on any atom is -0.457 e. The molecule has 0 fully saturated rings. The van der Waals surface area contributed by atoms with E-state index in [2.05, 4.69) is 12.1 Å². The molecule has 0 aliphatic rings. The predicted molar refractivity (Wildman–Crippen MR) is 71.8 cm³/mol. The summed E-state index contributed by atoms with van der Waals surface area (Å²) in [6.45, 7) is 4.19. The summed E-state index contributed by atoms with van der Waals surface area (Å²) in [6.07, 6.45) is 1.73. The van der Waals surface area contributed by atoms with Crippen molar-refractivity contribution in [1.29, 1.82) is 0 Å². The SMILES string of the molecule is C=CCNOc1ccc(Oc2ccccc2)cc1. The molecule has 0 bridgehead atoms. The molecule has 0 aliphatic carbocycles. The summed E-state index contributed by atoms with van der Waals surface area (Å²) in [5.41, 5.74) is 2.76. The maximum atomic E-state index is 5.67. The van der Waals surface area contributed by atoms with Crippen molar-refractivity contribution in [2.45, 2.75) is 0 Å². The second kappa shape index (κ2) is 6.47. The first kappa shape index (κ1) is 12.2. The third-order valence-corrected chi connectivity index (χ3v) is 2.22. The molecule has 0 aromatic heterocycles. The normalized spacial score (nSPS) is 9.78. The van der Waals surface area contributed by atoms with Gasteiger partial charge in [-0.15, -0.1) is 6.58 Å². The molecule has 0 heterocycles. The van der Waals surface area contributed by atoms with E-state index in [4.69, 9.17) is 9.57 Å². The Bertz CT molecular complexity index is 480. The van der Waals surface area contributed by atoms with Gasteiger partial charge in [-0.25, -0.2) is 0 Å². The third kappa shape index (κ3) is 3.64. The zero-order valence-corrected chi connectivity index (χ0v) is 10.0. The van der Waals surface area contributed by atoms with Gasteiger partial charge in [-0.2, -0.15) is 5.48 Å². The van der Waals surface area contributed by atoms with Crippen LogP contribution in [-0.4, -0.2) is 6.54 Å². The van der Waals surface area contributed by atoms with Crippen LogP contribution in [0.5, 0.6) is 17.2 Å². The molecule has 1 N–H and O–H groups in total. The van der Waals surface area contributed by atoms with E-state index in [0.717, 1.165) is 17.2 Å². The lowest BCUT2D eigenvalue weighted by molar-refractivity contribution is 0.209. The summed E-state index contributed by atoms with van der Waals surface area (Å²) in [5.74, 6) is 2.32. The van der Waals surface area contributed by atoms with Crippen LogP contribution in [0, 0.1) is 0 Å². The molecule has 0 saturated carbocycles. The van der Waals surface area contributed by atoms with Gasteiger partial charge >= 0.3 is 0 Å². The number of rotatable bonds is 6. The van der Waals surface area contributed by atoms with Crippen LogP contribution in [0.4, 0.5) is 0 Å². The van der Waals surface area contributed by atoms with Gasteiger partial charge in [0.2, 0.25) is 0 Å². The second-order valence-electron chi connectivity index (χ2n) is 3.63. The van der Waals surface area contributed by atoms with E-state index in [1.807, 2.05) is 54.6 Å². The Morgan fingerprint density at radius 1 is 0.889 bits per heavy atom. The Morgan fingerprint density at radius 2 is 1.50 bits per heavy atom. The van der Waals surface area contributed by atoms with Crippen LogP contribution in [0.2, 0.25) is 0 Å². The van der Waals surface area contributed by atoms with Crippen molar-refractivity contribution < 1.29 is 9.57 Å². The van der Waals surface area contributed by atoms with Crippen molar-refractivity contribution in [3.05, 3.63) is 67.3 Å². The van der Waals surface area contributed by atoms with Gasteiger partial charge < -0.3 is 9.57 Å². The number of hydroxylamine groups is 1. The fourth-order valence-corrected chi connectivity index (χ4v) is 1.38. The lowest BCUT2D eigenvalue weighted by atomic mass is 10.3. The quantitative estimate of drug-likeness (QED) is 0.476. The topological polar surface area (TPSA) is 30.5 Å². The molecule has 3 heteroatoms. The highest BCUT2D eigenvalue weighted by molar-refractivity contribution is 5.35. The van der Waals surface area contributed by atoms with E-state index in [1.165, 1.54) is 0 Å². The monoisotopic (exact) mass is 241 g/mol. The predicted octanol–water partition coefficient (Wildman–Crippen LogP) is 3.55. The van der Waals surface area contributed by atoms with Crippen LogP contribution in [0.15, 0.2) is 67.3 Å². The van der Waals surface area contributed by atoms with Gasteiger partial charge in [0, 0.05) is 6.54 Å². The summed E-state index contributed by atoms with van der Waals surface area (Å²) < 4.78 is 5.67. The Labute approximate surface area is 107 Å². The Kier molecular flexibility index (Phi) is 4.39.